The van der Waals surface area contributed by atoms with Crippen molar-refractivity contribution in [1.29, 1.82) is 0 Å². The van der Waals surface area contributed by atoms with Crippen molar-refractivity contribution in [1.82, 2.24) is 24.6 Å². The van der Waals surface area contributed by atoms with Crippen LogP contribution in [0, 0.1) is 18.3 Å². The van der Waals surface area contributed by atoms with Crippen LogP contribution in [0.4, 0.5) is 5.69 Å². The molecule has 2 bridgehead atoms. The average Bonchev–Trinajstić information content (AvgIpc) is 3.62. The van der Waals surface area contributed by atoms with Gasteiger partial charge in [-0.2, -0.15) is 5.10 Å². The summed E-state index contributed by atoms with van der Waals surface area (Å²) in [5, 5.41) is 17.9. The quantitative estimate of drug-likeness (QED) is 0.107. The molecule has 15 heteroatoms. The molecule has 2 N–H and O–H groups in total. The van der Waals surface area contributed by atoms with Crippen LogP contribution in [0.15, 0.2) is 54.7 Å². The number of benzene rings is 2. The van der Waals surface area contributed by atoms with E-state index in [1.807, 2.05) is 54.9 Å². The fourth-order valence-electron chi connectivity index (χ4n) is 14.6. The van der Waals surface area contributed by atoms with Crippen molar-refractivity contribution < 1.29 is 43.2 Å². The number of aromatic nitrogens is 3. The van der Waals surface area contributed by atoms with Crippen molar-refractivity contribution in [3.8, 4) is 11.4 Å². The second-order valence-corrected chi connectivity index (χ2v) is 19.9. The number of likely N-dealkylation sites (N-methyl/N-ethyl adjacent to an activating group) is 1. The highest BCUT2D eigenvalue weighted by Gasteiger charge is 2.98. The number of aliphatic hydroxyl groups is 1. The Morgan fingerprint density at radius 2 is 1.80 bits per heavy atom. The lowest BCUT2D eigenvalue weighted by atomic mass is 9.49. The number of fused-ring (bicyclic) bond motifs is 6. The Kier molecular flexibility index (Phi) is 9.23. The maximum atomic E-state index is 15.6. The summed E-state index contributed by atoms with van der Waals surface area (Å²) in [7, 11) is 6.37. The third-order valence-corrected chi connectivity index (χ3v) is 17.1. The van der Waals surface area contributed by atoms with E-state index in [0.29, 0.717) is 82.6 Å². The molecule has 11 rings (SSSR count). The number of rotatable bonds is 8. The maximum Gasteiger partial charge on any atom is 0.347 e. The molecule has 7 aliphatic rings. The van der Waals surface area contributed by atoms with E-state index in [0.717, 1.165) is 44.8 Å². The van der Waals surface area contributed by atoms with Gasteiger partial charge in [0.2, 0.25) is 0 Å². The van der Waals surface area contributed by atoms with Gasteiger partial charge < -0.3 is 38.7 Å². The summed E-state index contributed by atoms with van der Waals surface area (Å²) in [5.74, 6) is -1.19. The van der Waals surface area contributed by atoms with Gasteiger partial charge in [-0.25, -0.2) is 9.48 Å². The molecule has 6 aliphatic heterocycles. The Morgan fingerprint density at radius 3 is 2.49 bits per heavy atom. The predicted octanol–water partition coefficient (Wildman–Crippen LogP) is 4.85. The zero-order chi connectivity index (χ0) is 45.6. The minimum absolute atomic E-state index is 0.117. The van der Waals surface area contributed by atoms with E-state index in [-0.39, 0.29) is 12.0 Å². The molecule has 10 atom stereocenters. The summed E-state index contributed by atoms with van der Waals surface area (Å²) in [6.45, 7) is 10.7. The Hall–Kier alpha value is -5.22. The summed E-state index contributed by atoms with van der Waals surface area (Å²) < 4.78 is 33.6. The number of anilines is 1. The van der Waals surface area contributed by atoms with Gasteiger partial charge in [0.05, 0.1) is 43.7 Å². The number of hydrogen-bond acceptors (Lipinski definition) is 13. The maximum absolute atomic E-state index is 15.6. The third kappa shape index (κ3) is 5.15. The Bertz CT molecular complexity index is 2710. The lowest BCUT2D eigenvalue weighted by Crippen LogP contribution is -2.75. The van der Waals surface area contributed by atoms with Gasteiger partial charge in [0, 0.05) is 91.7 Å². The molecular formula is C50H60N6O9. The number of H-pyrrole nitrogens is 1. The molecule has 2 aromatic carbocycles. The second-order valence-electron chi connectivity index (χ2n) is 19.9. The molecule has 2 spiro atoms. The first-order valence-corrected chi connectivity index (χ1v) is 23.2. The molecule has 344 valence electrons. The number of carbonyl (C=O) groups excluding carboxylic acids is 3. The number of epoxide rings is 1. The van der Waals surface area contributed by atoms with Gasteiger partial charge in [0.15, 0.2) is 11.8 Å². The second kappa shape index (κ2) is 14.1. The minimum atomic E-state index is -1.68. The molecule has 65 heavy (non-hydrogen) atoms. The van der Waals surface area contributed by atoms with E-state index < -0.39 is 57.2 Å². The summed E-state index contributed by atoms with van der Waals surface area (Å²) >= 11 is 0. The van der Waals surface area contributed by atoms with Crippen molar-refractivity contribution in [2.45, 2.75) is 106 Å². The first-order valence-electron chi connectivity index (χ1n) is 23.2. The zero-order valence-electron chi connectivity index (χ0n) is 38.7. The number of methoxy groups -OCH3 is 3. The summed E-state index contributed by atoms with van der Waals surface area (Å²) in [6.07, 6.45) is 8.41. The number of aromatic amines is 1. The van der Waals surface area contributed by atoms with E-state index in [4.69, 9.17) is 28.8 Å². The van der Waals surface area contributed by atoms with Crippen LogP contribution in [0.2, 0.25) is 0 Å². The first-order chi connectivity index (χ1) is 31.2. The van der Waals surface area contributed by atoms with Crippen LogP contribution in [0.3, 0.4) is 0 Å². The number of nitrogens with zero attached hydrogens (tertiary/aromatic N) is 5. The summed E-state index contributed by atoms with van der Waals surface area (Å²) in [4.78, 5) is 54.2. The van der Waals surface area contributed by atoms with Crippen molar-refractivity contribution in [3.05, 3.63) is 82.8 Å². The van der Waals surface area contributed by atoms with Gasteiger partial charge in [0.1, 0.15) is 11.2 Å². The number of nitrogens with one attached hydrogen (secondary N) is 1. The number of hydrogen-bond donors (Lipinski definition) is 2. The lowest BCUT2D eigenvalue weighted by molar-refractivity contribution is -0.178. The van der Waals surface area contributed by atoms with Crippen LogP contribution in [-0.2, 0) is 50.6 Å². The average molecular weight is 889 g/mol. The molecule has 2 aromatic heterocycles. The highest BCUT2D eigenvalue weighted by Crippen LogP contribution is 2.80. The molecule has 1 aliphatic carbocycles. The smallest absolute Gasteiger partial charge is 0.347 e. The van der Waals surface area contributed by atoms with Gasteiger partial charge in [-0.15, -0.1) is 0 Å². The summed E-state index contributed by atoms with van der Waals surface area (Å²) in [6, 6.07) is 12.1. The Morgan fingerprint density at radius 1 is 1.00 bits per heavy atom. The number of piperidine rings is 1. The Balaban J connectivity index is 1.21. The van der Waals surface area contributed by atoms with Gasteiger partial charge in [0.25, 0.3) is 5.60 Å². The van der Waals surface area contributed by atoms with Crippen LogP contribution < -0.4 is 9.64 Å². The zero-order valence-corrected chi connectivity index (χ0v) is 38.7. The molecule has 1 saturated carbocycles. The highest BCUT2D eigenvalue weighted by atomic mass is 16.7. The standard InChI is InChI=1S/C50H60N6O9/c1-9-45(60)25-31-26-47(43(58)62-7,40-33(15-19-54(27-31)28-45)34-22-32(12-13-37(34)51-40)56-20-14-29(3)52-56)36-23-35-38(24-39(36)61-6)53(5)50-48(35)17-21-55-18-11-16-46(10-2,41(48)55)42(64-30(4)57)49(50,65-50)44(59)63-8/h11-14,16,20,22-24,31,41-42,51,60H,9-10,15,17-19,21,25-28H2,1-8H3/t31-,41+,42-,45+,46-,47+,48-,49+,50+/m1/s1. The van der Waals surface area contributed by atoms with Crippen molar-refractivity contribution in [3.63, 3.8) is 0 Å². The van der Waals surface area contributed by atoms with Crippen LogP contribution in [0.5, 0.6) is 5.75 Å². The van der Waals surface area contributed by atoms with E-state index >= 15 is 4.79 Å². The van der Waals surface area contributed by atoms with Crippen molar-refractivity contribution >= 4 is 34.5 Å². The largest absolute Gasteiger partial charge is 0.496 e. The normalized spacial score (nSPS) is 36.3. The third-order valence-electron chi connectivity index (χ3n) is 17.1. The van der Waals surface area contributed by atoms with E-state index in [1.165, 1.54) is 21.1 Å². The van der Waals surface area contributed by atoms with E-state index in [1.54, 1.807) is 7.11 Å². The molecule has 3 saturated heterocycles. The molecule has 8 heterocycles. The molecule has 0 amide bonds. The molecule has 1 unspecified atom stereocenters. The van der Waals surface area contributed by atoms with Gasteiger partial charge in [-0.1, -0.05) is 26.0 Å². The van der Waals surface area contributed by atoms with Crippen LogP contribution >= 0.6 is 0 Å². The first kappa shape index (κ1) is 42.4. The minimum Gasteiger partial charge on any atom is -0.496 e. The SMILES string of the molecule is CC[C@]1(O)C[C@H]2CN(CCc3c([nH]c4ccc(-n5ccc(C)n5)cc34)[C@@](C(=O)OC)(c3cc4c(cc3OC)N(C)[C@@]35O[C@]3(C(=O)OC)[C@H](OC(C)=O)[C@]3(CC)C=CCN6CC[C@]45[C@@H]63)C2)C1. The number of esters is 3. The topological polar surface area (TPSA) is 164 Å². The molecule has 4 aromatic rings. The van der Waals surface area contributed by atoms with Crippen LogP contribution in [0.25, 0.3) is 16.6 Å². The van der Waals surface area contributed by atoms with Gasteiger partial charge in [-0.05, 0) is 99.4 Å². The highest BCUT2D eigenvalue weighted by molar-refractivity contribution is 5.96. The van der Waals surface area contributed by atoms with E-state index in [2.05, 4.69) is 52.1 Å². The van der Waals surface area contributed by atoms with E-state index in [9.17, 15) is 14.7 Å². The molecule has 0 radical (unpaired) electrons. The number of aryl methyl sites for hydroxylation is 1. The molecule has 15 nitrogen and oxygen atoms in total. The summed E-state index contributed by atoms with van der Waals surface area (Å²) in [5.41, 5.74) is -0.350. The van der Waals surface area contributed by atoms with Crippen LogP contribution in [-0.4, -0.2) is 138 Å². The number of carbonyl (C=O) groups is 3. The van der Waals surface area contributed by atoms with Gasteiger partial charge in [-0.3, -0.25) is 19.4 Å². The monoisotopic (exact) mass is 888 g/mol. The van der Waals surface area contributed by atoms with Crippen LogP contribution in [0.1, 0.15) is 81.0 Å². The lowest BCUT2D eigenvalue weighted by Gasteiger charge is -2.58. The number of ether oxygens (including phenoxy) is 5. The fraction of sp³-hybridized carbons (Fsp3) is 0.560. The Labute approximate surface area is 378 Å². The van der Waals surface area contributed by atoms with Crippen molar-refractivity contribution in [2.24, 2.45) is 11.3 Å². The fourth-order valence-corrected chi connectivity index (χ4v) is 14.6. The van der Waals surface area contributed by atoms with Crippen molar-refractivity contribution in [2.75, 3.05) is 66.0 Å². The predicted molar refractivity (Wildman–Crippen MR) is 240 cm³/mol. The molecular weight excluding hydrogens is 829 g/mol. The van der Waals surface area contributed by atoms with Gasteiger partial charge >= 0.3 is 17.9 Å². The molecule has 4 fully saturated rings.